The number of methoxy groups -OCH3 is 1. The largest absolute Gasteiger partial charge is 0.497 e. The van der Waals surface area contributed by atoms with E-state index < -0.39 is 0 Å². The monoisotopic (exact) mass is 251 g/mol. The van der Waals surface area contributed by atoms with Crippen LogP contribution in [0.25, 0.3) is 0 Å². The van der Waals surface area contributed by atoms with E-state index in [1.807, 2.05) is 36.4 Å². The molecule has 0 amide bonds. The van der Waals surface area contributed by atoms with Crippen molar-refractivity contribution in [3.8, 4) is 5.75 Å². The Kier molecular flexibility index (Phi) is 3.70. The summed E-state index contributed by atoms with van der Waals surface area (Å²) in [6.45, 7) is 0. The van der Waals surface area contributed by atoms with E-state index in [2.05, 4.69) is 4.98 Å². The molecule has 0 atom stereocenters. The second-order valence-electron chi connectivity index (χ2n) is 3.09. The van der Waals surface area contributed by atoms with Crippen molar-refractivity contribution in [3.63, 3.8) is 0 Å². The zero-order valence-electron chi connectivity index (χ0n) is 8.68. The SMILES string of the molecule is COc1ccc(Sc2ccc(Cl)cn2)cc1. The summed E-state index contributed by atoms with van der Waals surface area (Å²) in [5.74, 6) is 0.855. The van der Waals surface area contributed by atoms with E-state index in [9.17, 15) is 0 Å². The molecule has 4 heteroatoms. The standard InChI is InChI=1S/C12H10ClNOS/c1-15-10-3-5-11(6-4-10)16-12-7-2-9(13)8-14-12/h2-8H,1H3. The molecule has 0 N–H and O–H groups in total. The van der Waals surface area contributed by atoms with E-state index in [0.717, 1.165) is 15.7 Å². The molecule has 1 heterocycles. The van der Waals surface area contributed by atoms with E-state index in [1.165, 1.54) is 0 Å². The van der Waals surface area contributed by atoms with Crippen molar-refractivity contribution in [2.75, 3.05) is 7.11 Å². The molecule has 2 nitrogen and oxygen atoms in total. The first kappa shape index (κ1) is 11.3. The molecule has 0 unspecified atom stereocenters. The molecule has 0 aliphatic heterocycles. The summed E-state index contributed by atoms with van der Waals surface area (Å²) in [6.07, 6.45) is 1.65. The van der Waals surface area contributed by atoms with Gasteiger partial charge in [0.25, 0.3) is 0 Å². The fourth-order valence-corrected chi connectivity index (χ4v) is 2.05. The van der Waals surface area contributed by atoms with Gasteiger partial charge in [-0.25, -0.2) is 4.98 Å². The predicted molar refractivity (Wildman–Crippen MR) is 66.4 cm³/mol. The van der Waals surface area contributed by atoms with Crippen molar-refractivity contribution >= 4 is 23.4 Å². The van der Waals surface area contributed by atoms with Gasteiger partial charge in [0.15, 0.2) is 0 Å². The Labute approximate surface area is 104 Å². The molecule has 0 fully saturated rings. The normalized spacial score (nSPS) is 10.1. The fraction of sp³-hybridized carbons (Fsp3) is 0.0833. The summed E-state index contributed by atoms with van der Waals surface area (Å²) in [7, 11) is 1.66. The van der Waals surface area contributed by atoms with Gasteiger partial charge in [-0.3, -0.25) is 0 Å². The van der Waals surface area contributed by atoms with Crippen LogP contribution in [0.5, 0.6) is 5.75 Å². The van der Waals surface area contributed by atoms with Gasteiger partial charge in [-0.05, 0) is 36.4 Å². The molecule has 0 aliphatic carbocycles. The molecular formula is C12H10ClNOS. The van der Waals surface area contributed by atoms with Gasteiger partial charge < -0.3 is 4.74 Å². The molecule has 0 saturated heterocycles. The first-order chi connectivity index (χ1) is 7.78. The van der Waals surface area contributed by atoms with Crippen LogP contribution < -0.4 is 4.74 Å². The Bertz CT molecular complexity index is 455. The van der Waals surface area contributed by atoms with Gasteiger partial charge in [0.05, 0.1) is 12.1 Å². The van der Waals surface area contributed by atoms with Gasteiger partial charge in [-0.1, -0.05) is 23.4 Å². The highest BCUT2D eigenvalue weighted by molar-refractivity contribution is 7.99. The van der Waals surface area contributed by atoms with Crippen LogP contribution in [-0.2, 0) is 0 Å². The van der Waals surface area contributed by atoms with Crippen LogP contribution in [0.15, 0.2) is 52.5 Å². The highest BCUT2D eigenvalue weighted by Crippen LogP contribution is 2.27. The highest BCUT2D eigenvalue weighted by atomic mass is 35.5. The Balaban J connectivity index is 2.11. The lowest BCUT2D eigenvalue weighted by atomic mass is 10.3. The van der Waals surface area contributed by atoms with Gasteiger partial charge in [0, 0.05) is 11.1 Å². The Morgan fingerprint density at radius 2 is 1.88 bits per heavy atom. The lowest BCUT2D eigenvalue weighted by molar-refractivity contribution is 0.414. The molecule has 0 bridgehead atoms. The average Bonchev–Trinajstić information content (AvgIpc) is 2.33. The molecule has 16 heavy (non-hydrogen) atoms. The minimum Gasteiger partial charge on any atom is -0.497 e. The molecule has 2 aromatic rings. The highest BCUT2D eigenvalue weighted by Gasteiger charge is 1.99. The van der Waals surface area contributed by atoms with Crippen molar-refractivity contribution in [1.82, 2.24) is 4.98 Å². The fourth-order valence-electron chi connectivity index (χ4n) is 1.19. The number of pyridine rings is 1. The van der Waals surface area contributed by atoms with Crippen LogP contribution in [0.3, 0.4) is 0 Å². The first-order valence-electron chi connectivity index (χ1n) is 4.71. The summed E-state index contributed by atoms with van der Waals surface area (Å²) in [6, 6.07) is 11.6. The summed E-state index contributed by atoms with van der Waals surface area (Å²) in [5, 5.41) is 1.58. The van der Waals surface area contributed by atoms with Crippen LogP contribution in [0, 0.1) is 0 Å². The van der Waals surface area contributed by atoms with Gasteiger partial charge in [0.1, 0.15) is 10.8 Å². The van der Waals surface area contributed by atoms with Crippen LogP contribution >= 0.6 is 23.4 Å². The number of hydrogen-bond acceptors (Lipinski definition) is 3. The molecule has 1 aromatic heterocycles. The summed E-state index contributed by atoms with van der Waals surface area (Å²) < 4.78 is 5.09. The van der Waals surface area contributed by atoms with Crippen molar-refractivity contribution < 1.29 is 4.74 Å². The molecule has 2 rings (SSSR count). The number of hydrogen-bond donors (Lipinski definition) is 0. The maximum atomic E-state index is 5.77. The van der Waals surface area contributed by atoms with E-state index in [-0.39, 0.29) is 0 Å². The third-order valence-corrected chi connectivity index (χ3v) is 3.16. The van der Waals surface area contributed by atoms with Crippen molar-refractivity contribution in [1.29, 1.82) is 0 Å². The Morgan fingerprint density at radius 3 is 2.44 bits per heavy atom. The smallest absolute Gasteiger partial charge is 0.118 e. The Hall–Kier alpha value is -1.19. The molecule has 1 aromatic carbocycles. The second kappa shape index (κ2) is 5.23. The maximum absolute atomic E-state index is 5.77. The number of aromatic nitrogens is 1. The molecular weight excluding hydrogens is 242 g/mol. The summed E-state index contributed by atoms with van der Waals surface area (Å²) >= 11 is 7.36. The molecule has 0 radical (unpaired) electrons. The van der Waals surface area contributed by atoms with Crippen molar-refractivity contribution in [2.45, 2.75) is 9.92 Å². The average molecular weight is 252 g/mol. The lowest BCUT2D eigenvalue weighted by Crippen LogP contribution is -1.82. The minimum atomic E-state index is 0.652. The number of nitrogens with zero attached hydrogens (tertiary/aromatic N) is 1. The molecule has 82 valence electrons. The van der Waals surface area contributed by atoms with Crippen LogP contribution in [-0.4, -0.2) is 12.1 Å². The van der Waals surface area contributed by atoms with E-state index in [0.29, 0.717) is 5.02 Å². The van der Waals surface area contributed by atoms with Gasteiger partial charge in [-0.2, -0.15) is 0 Å². The lowest BCUT2D eigenvalue weighted by Gasteiger charge is -2.02. The molecule has 0 spiro atoms. The van der Waals surface area contributed by atoms with Gasteiger partial charge >= 0.3 is 0 Å². The third kappa shape index (κ3) is 2.90. The zero-order valence-corrected chi connectivity index (χ0v) is 10.3. The minimum absolute atomic E-state index is 0.652. The Morgan fingerprint density at radius 1 is 1.12 bits per heavy atom. The number of halogens is 1. The quantitative estimate of drug-likeness (QED) is 0.826. The van der Waals surface area contributed by atoms with E-state index in [4.69, 9.17) is 16.3 Å². The number of rotatable bonds is 3. The predicted octanol–water partition coefficient (Wildman–Crippen LogP) is 3.89. The van der Waals surface area contributed by atoms with Gasteiger partial charge in [0.2, 0.25) is 0 Å². The zero-order chi connectivity index (χ0) is 11.4. The number of ether oxygens (including phenoxy) is 1. The van der Waals surface area contributed by atoms with E-state index >= 15 is 0 Å². The summed E-state index contributed by atoms with van der Waals surface area (Å²) in [4.78, 5) is 5.34. The second-order valence-corrected chi connectivity index (χ2v) is 4.62. The van der Waals surface area contributed by atoms with Crippen molar-refractivity contribution in [3.05, 3.63) is 47.6 Å². The molecule has 0 aliphatic rings. The topological polar surface area (TPSA) is 22.1 Å². The summed E-state index contributed by atoms with van der Waals surface area (Å²) in [5.41, 5.74) is 0. The number of benzene rings is 1. The molecule has 0 saturated carbocycles. The van der Waals surface area contributed by atoms with Gasteiger partial charge in [-0.15, -0.1) is 0 Å². The van der Waals surface area contributed by atoms with Crippen molar-refractivity contribution in [2.24, 2.45) is 0 Å². The first-order valence-corrected chi connectivity index (χ1v) is 5.91. The van der Waals surface area contributed by atoms with Crippen LogP contribution in [0.4, 0.5) is 0 Å². The maximum Gasteiger partial charge on any atom is 0.118 e. The third-order valence-electron chi connectivity index (χ3n) is 1.98. The van der Waals surface area contributed by atoms with Crippen LogP contribution in [0.2, 0.25) is 5.02 Å². The van der Waals surface area contributed by atoms with E-state index in [1.54, 1.807) is 25.1 Å². The van der Waals surface area contributed by atoms with Crippen LogP contribution in [0.1, 0.15) is 0 Å².